The molecule has 0 aromatic carbocycles. The average Bonchev–Trinajstić information content (AvgIpc) is 2.04. The van der Waals surface area contributed by atoms with E-state index >= 15 is 0 Å². The van der Waals surface area contributed by atoms with E-state index in [-0.39, 0.29) is 6.54 Å². The lowest BCUT2D eigenvalue weighted by atomic mass is 10.3. The van der Waals surface area contributed by atoms with E-state index < -0.39 is 9.24 Å². The highest BCUT2D eigenvalue weighted by Crippen LogP contribution is 2.08. The van der Waals surface area contributed by atoms with Gasteiger partial charge >= 0.3 is 0 Å². The molecule has 0 unspecified atom stereocenters. The molecule has 1 aromatic heterocycles. The molecule has 0 aliphatic rings. The van der Waals surface area contributed by atoms with Crippen molar-refractivity contribution in [2.75, 3.05) is 7.05 Å². The van der Waals surface area contributed by atoms with Crippen molar-refractivity contribution < 1.29 is 8.42 Å². The van der Waals surface area contributed by atoms with Crippen molar-refractivity contribution in [2.24, 2.45) is 0 Å². The van der Waals surface area contributed by atoms with Crippen LogP contribution in [0.5, 0.6) is 0 Å². The molecule has 1 rings (SSSR count). The first-order chi connectivity index (χ1) is 6.00. The molecule has 0 atom stereocenters. The average molecular weight is 221 g/mol. The van der Waals surface area contributed by atoms with Crippen LogP contribution in [0.4, 0.5) is 0 Å². The number of hydrogen-bond acceptors (Lipinski definition) is 3. The summed E-state index contributed by atoms with van der Waals surface area (Å²) in [6.45, 7) is 0.236. The number of hydrogen-bond donors (Lipinski definition) is 0. The summed E-state index contributed by atoms with van der Waals surface area (Å²) in [5.74, 6) is 0. The summed E-state index contributed by atoms with van der Waals surface area (Å²) >= 11 is 0. The molecule has 72 valence electrons. The van der Waals surface area contributed by atoms with Crippen LogP contribution in [0.2, 0.25) is 0 Å². The van der Waals surface area contributed by atoms with Crippen molar-refractivity contribution in [1.82, 2.24) is 9.29 Å². The predicted molar refractivity (Wildman–Crippen MR) is 50.5 cm³/mol. The van der Waals surface area contributed by atoms with Gasteiger partial charge in [0.25, 0.3) is 9.24 Å². The van der Waals surface area contributed by atoms with Crippen molar-refractivity contribution in [3.63, 3.8) is 0 Å². The quantitative estimate of drug-likeness (QED) is 0.714. The first kappa shape index (κ1) is 10.4. The molecule has 0 spiro atoms. The fraction of sp³-hybridized carbons (Fsp3) is 0.286. The molecule has 4 nitrogen and oxygen atoms in total. The van der Waals surface area contributed by atoms with Crippen LogP contribution in [0.1, 0.15) is 5.56 Å². The number of pyridine rings is 1. The Morgan fingerprint density at radius 1 is 1.62 bits per heavy atom. The zero-order chi connectivity index (χ0) is 9.90. The molecule has 0 N–H and O–H groups in total. The number of halogens is 1. The normalized spacial score (nSPS) is 11.9. The van der Waals surface area contributed by atoms with Crippen LogP contribution < -0.4 is 0 Å². The maximum atomic E-state index is 10.8. The third-order valence-corrected chi connectivity index (χ3v) is 3.08. The molecule has 0 fully saturated rings. The van der Waals surface area contributed by atoms with Crippen molar-refractivity contribution in [3.05, 3.63) is 30.1 Å². The molecular weight excluding hydrogens is 212 g/mol. The van der Waals surface area contributed by atoms with Crippen molar-refractivity contribution in [2.45, 2.75) is 6.54 Å². The topological polar surface area (TPSA) is 50.3 Å². The lowest BCUT2D eigenvalue weighted by Crippen LogP contribution is -2.21. The molecule has 0 aliphatic heterocycles. The van der Waals surface area contributed by atoms with Crippen LogP contribution >= 0.6 is 10.7 Å². The van der Waals surface area contributed by atoms with Gasteiger partial charge in [0, 0.05) is 36.7 Å². The van der Waals surface area contributed by atoms with Gasteiger partial charge in [0.1, 0.15) is 0 Å². The van der Waals surface area contributed by atoms with Crippen LogP contribution in [0.25, 0.3) is 0 Å². The Morgan fingerprint density at radius 3 is 2.77 bits per heavy atom. The Bertz CT molecular complexity index is 365. The van der Waals surface area contributed by atoms with E-state index in [2.05, 4.69) is 4.98 Å². The van der Waals surface area contributed by atoms with E-state index in [1.165, 1.54) is 7.05 Å². The van der Waals surface area contributed by atoms with Crippen LogP contribution in [-0.4, -0.2) is 24.8 Å². The standard InChI is InChI=1S/C7H9ClN2O2S/c1-10(13(8,11)12)6-7-3-2-4-9-5-7/h2-5H,6H2,1H3. The minimum Gasteiger partial charge on any atom is -0.264 e. The van der Waals surface area contributed by atoms with Gasteiger partial charge in [-0.05, 0) is 11.6 Å². The van der Waals surface area contributed by atoms with Gasteiger partial charge in [-0.2, -0.15) is 12.7 Å². The van der Waals surface area contributed by atoms with E-state index in [0.29, 0.717) is 0 Å². The summed E-state index contributed by atoms with van der Waals surface area (Å²) in [7, 11) is 2.90. The summed E-state index contributed by atoms with van der Waals surface area (Å²) in [5.41, 5.74) is 0.800. The summed E-state index contributed by atoms with van der Waals surface area (Å²) in [6, 6.07) is 3.52. The molecule has 0 saturated heterocycles. The highest BCUT2D eigenvalue weighted by molar-refractivity contribution is 8.11. The number of nitrogens with zero attached hydrogens (tertiary/aromatic N) is 2. The fourth-order valence-corrected chi connectivity index (χ4v) is 1.28. The minimum absolute atomic E-state index is 0.236. The molecular formula is C7H9ClN2O2S. The zero-order valence-corrected chi connectivity index (χ0v) is 8.59. The van der Waals surface area contributed by atoms with Crippen LogP contribution in [-0.2, 0) is 15.8 Å². The van der Waals surface area contributed by atoms with Crippen LogP contribution in [0.15, 0.2) is 24.5 Å². The second-order valence-electron chi connectivity index (χ2n) is 2.56. The molecule has 1 heterocycles. The molecule has 0 saturated carbocycles. The summed E-state index contributed by atoms with van der Waals surface area (Å²) < 4.78 is 22.7. The van der Waals surface area contributed by atoms with Crippen LogP contribution in [0, 0.1) is 0 Å². The highest BCUT2D eigenvalue weighted by atomic mass is 35.7. The van der Waals surface area contributed by atoms with Gasteiger partial charge in [-0.1, -0.05) is 6.07 Å². The highest BCUT2D eigenvalue weighted by Gasteiger charge is 2.13. The van der Waals surface area contributed by atoms with Crippen molar-refractivity contribution in [1.29, 1.82) is 0 Å². The van der Waals surface area contributed by atoms with E-state index in [0.717, 1.165) is 9.87 Å². The molecule has 1 aromatic rings. The van der Waals surface area contributed by atoms with Gasteiger partial charge in [-0.3, -0.25) is 4.98 Å². The zero-order valence-electron chi connectivity index (χ0n) is 7.01. The van der Waals surface area contributed by atoms with Gasteiger partial charge in [-0.15, -0.1) is 0 Å². The Kier molecular flexibility index (Phi) is 3.24. The van der Waals surface area contributed by atoms with E-state index in [1.54, 1.807) is 24.5 Å². The van der Waals surface area contributed by atoms with Gasteiger partial charge in [0.05, 0.1) is 0 Å². The third-order valence-electron chi connectivity index (χ3n) is 1.50. The minimum atomic E-state index is -3.62. The third kappa shape index (κ3) is 3.30. The predicted octanol–water partition coefficient (Wildman–Crippen LogP) is 0.997. The fourth-order valence-electron chi connectivity index (χ4n) is 0.826. The molecule has 6 heteroatoms. The second kappa shape index (κ2) is 4.04. The van der Waals surface area contributed by atoms with E-state index in [1.807, 2.05) is 0 Å². The molecule has 0 radical (unpaired) electrons. The SMILES string of the molecule is CN(Cc1cccnc1)S(=O)(=O)Cl. The van der Waals surface area contributed by atoms with Crippen molar-refractivity contribution in [3.8, 4) is 0 Å². The second-order valence-corrected chi connectivity index (χ2v) is 5.18. The smallest absolute Gasteiger partial charge is 0.264 e. The Morgan fingerprint density at radius 2 is 2.31 bits per heavy atom. The summed E-state index contributed by atoms with van der Waals surface area (Å²) in [5, 5.41) is 0. The number of aromatic nitrogens is 1. The van der Waals surface area contributed by atoms with Gasteiger partial charge in [-0.25, -0.2) is 0 Å². The lowest BCUT2D eigenvalue weighted by molar-refractivity contribution is 0.480. The van der Waals surface area contributed by atoms with Gasteiger partial charge < -0.3 is 0 Å². The van der Waals surface area contributed by atoms with Gasteiger partial charge in [0.15, 0.2) is 0 Å². The number of rotatable bonds is 3. The molecule has 0 amide bonds. The first-order valence-corrected chi connectivity index (χ1v) is 5.81. The van der Waals surface area contributed by atoms with Crippen LogP contribution in [0.3, 0.4) is 0 Å². The van der Waals surface area contributed by atoms with Gasteiger partial charge in [0.2, 0.25) is 0 Å². The molecule has 0 bridgehead atoms. The Labute approximate surface area is 81.7 Å². The lowest BCUT2D eigenvalue weighted by Gasteiger charge is -2.11. The monoisotopic (exact) mass is 220 g/mol. The maximum Gasteiger partial charge on any atom is 0.299 e. The van der Waals surface area contributed by atoms with E-state index in [4.69, 9.17) is 10.7 Å². The molecule has 13 heavy (non-hydrogen) atoms. The Balaban J connectivity index is 2.72. The van der Waals surface area contributed by atoms with E-state index in [9.17, 15) is 8.42 Å². The molecule has 0 aliphatic carbocycles. The summed E-state index contributed by atoms with van der Waals surface area (Å²) in [6.07, 6.45) is 3.22. The largest absolute Gasteiger partial charge is 0.299 e. The summed E-state index contributed by atoms with van der Waals surface area (Å²) in [4.78, 5) is 3.86. The van der Waals surface area contributed by atoms with Crippen molar-refractivity contribution >= 4 is 19.9 Å². The first-order valence-electron chi connectivity index (χ1n) is 3.55. The Hall–Kier alpha value is -0.650. The maximum absolute atomic E-state index is 10.8.